The number of ether oxygens (including phenoxy) is 1. The number of aliphatic hydroxyl groups is 5. The Hall–Kier alpha value is -1.03. The topological polar surface area (TPSA) is 148 Å². The number of carboxylic acid groups (broad SMARTS) is 1. The van der Waals surface area contributed by atoms with Crippen LogP contribution in [-0.4, -0.2) is 80.3 Å². The Balaban J connectivity index is 1.38. The molecule has 1 heterocycles. The maximum atomic E-state index is 13.0. The van der Waals surface area contributed by atoms with Crippen LogP contribution in [-0.2, 0) is 9.53 Å². The van der Waals surface area contributed by atoms with Crippen molar-refractivity contribution >= 4 is 5.97 Å². The molecule has 0 spiro atoms. The van der Waals surface area contributed by atoms with Gasteiger partial charge in [-0.25, -0.2) is 0 Å². The Labute approximate surface area is 256 Å². The summed E-state index contributed by atoms with van der Waals surface area (Å²) in [6.45, 7) is 13.6. The molecule has 6 rings (SSSR count). The van der Waals surface area contributed by atoms with E-state index in [1.54, 1.807) is 0 Å². The normalized spacial score (nSPS) is 56.1. The van der Waals surface area contributed by atoms with Crippen LogP contribution in [0.15, 0.2) is 11.6 Å². The Morgan fingerprint density at radius 3 is 2.26 bits per heavy atom. The summed E-state index contributed by atoms with van der Waals surface area (Å²) < 4.78 is 5.99. The van der Waals surface area contributed by atoms with Gasteiger partial charge in [0.15, 0.2) is 0 Å². The molecule has 6 N–H and O–H groups in total. The van der Waals surface area contributed by atoms with Crippen molar-refractivity contribution in [1.82, 2.24) is 0 Å². The van der Waals surface area contributed by atoms with Crippen molar-refractivity contribution in [3.63, 3.8) is 0 Å². The minimum absolute atomic E-state index is 0.0144. The Bertz CT molecular complexity index is 1170. The second-order valence-corrected chi connectivity index (χ2v) is 17.4. The fourth-order valence-electron chi connectivity index (χ4n) is 12.5. The maximum absolute atomic E-state index is 13.0. The number of fused-ring (bicyclic) bond motifs is 7. The SMILES string of the molecule is CC1(C)CC[C@]2(C(=O)O)C(O)C[C@]3(C)C(=CC[C@@H]4[C@@]5(C)CCC([C@@H]6OC[C@H](O)[C@H](O)[C@H]6O)[C@@](C)(CO)[C@@H]5CC[C@]43C)[C@@H]2C1. The molecule has 0 bridgehead atoms. The van der Waals surface area contributed by atoms with Gasteiger partial charge in [0, 0.05) is 6.61 Å². The van der Waals surface area contributed by atoms with Gasteiger partial charge in [-0.2, -0.15) is 0 Å². The Morgan fingerprint density at radius 2 is 1.60 bits per heavy atom. The largest absolute Gasteiger partial charge is 0.481 e. The predicted octanol–water partition coefficient (Wildman–Crippen LogP) is 3.91. The van der Waals surface area contributed by atoms with Gasteiger partial charge >= 0.3 is 5.97 Å². The number of allylic oxidation sites excluding steroid dienone is 2. The number of carboxylic acids is 1. The van der Waals surface area contributed by atoms with E-state index in [-0.39, 0.29) is 58.5 Å². The maximum Gasteiger partial charge on any atom is 0.312 e. The van der Waals surface area contributed by atoms with Gasteiger partial charge in [0.1, 0.15) is 23.7 Å². The van der Waals surface area contributed by atoms with E-state index in [4.69, 9.17) is 4.74 Å². The highest BCUT2D eigenvalue weighted by atomic mass is 16.5. The Kier molecular flexibility index (Phi) is 7.41. The summed E-state index contributed by atoms with van der Waals surface area (Å²) in [5, 5.41) is 65.1. The second-order valence-electron chi connectivity index (χ2n) is 17.4. The lowest BCUT2D eigenvalue weighted by Crippen LogP contribution is -2.68. The average Bonchev–Trinajstić information content (AvgIpc) is 2.92. The van der Waals surface area contributed by atoms with E-state index < -0.39 is 47.3 Å². The number of aliphatic hydroxyl groups excluding tert-OH is 5. The molecule has 5 aliphatic carbocycles. The molecule has 4 saturated carbocycles. The van der Waals surface area contributed by atoms with Crippen molar-refractivity contribution in [3.8, 4) is 0 Å². The summed E-state index contributed by atoms with van der Waals surface area (Å²) in [5.74, 6) is -0.769. The zero-order valence-corrected chi connectivity index (χ0v) is 27.1. The van der Waals surface area contributed by atoms with Gasteiger partial charge in [0.2, 0.25) is 0 Å². The molecule has 244 valence electrons. The highest BCUT2D eigenvalue weighted by Gasteiger charge is 2.72. The first-order valence-corrected chi connectivity index (χ1v) is 16.8. The van der Waals surface area contributed by atoms with Crippen LogP contribution in [0.4, 0.5) is 0 Å². The molecule has 0 amide bonds. The smallest absolute Gasteiger partial charge is 0.312 e. The Morgan fingerprint density at radius 1 is 0.907 bits per heavy atom. The summed E-state index contributed by atoms with van der Waals surface area (Å²) in [5.41, 5.74) is -1.01. The summed E-state index contributed by atoms with van der Waals surface area (Å²) in [6.07, 6.45) is 4.01. The zero-order valence-electron chi connectivity index (χ0n) is 27.1. The number of rotatable bonds is 3. The molecule has 0 aromatic carbocycles. The van der Waals surface area contributed by atoms with Gasteiger partial charge in [-0.1, -0.05) is 53.2 Å². The molecular weight excluding hydrogens is 548 g/mol. The molecule has 0 radical (unpaired) electrons. The number of aliphatic carboxylic acids is 1. The molecule has 14 atom stereocenters. The van der Waals surface area contributed by atoms with Crippen LogP contribution < -0.4 is 0 Å². The fourth-order valence-corrected chi connectivity index (χ4v) is 12.5. The van der Waals surface area contributed by atoms with Crippen LogP contribution in [0.3, 0.4) is 0 Å². The van der Waals surface area contributed by atoms with E-state index in [0.29, 0.717) is 12.8 Å². The lowest BCUT2D eigenvalue weighted by Gasteiger charge is -2.72. The van der Waals surface area contributed by atoms with Gasteiger partial charge in [-0.15, -0.1) is 0 Å². The van der Waals surface area contributed by atoms with Crippen molar-refractivity contribution in [1.29, 1.82) is 0 Å². The molecule has 2 unspecified atom stereocenters. The van der Waals surface area contributed by atoms with E-state index in [1.807, 2.05) is 0 Å². The molecule has 5 fully saturated rings. The molecule has 0 aromatic heterocycles. The molecule has 8 heteroatoms. The van der Waals surface area contributed by atoms with Crippen LogP contribution >= 0.6 is 0 Å². The van der Waals surface area contributed by atoms with Crippen LogP contribution in [0.25, 0.3) is 0 Å². The van der Waals surface area contributed by atoms with Crippen molar-refractivity contribution in [3.05, 3.63) is 11.6 Å². The summed E-state index contributed by atoms with van der Waals surface area (Å²) in [6, 6.07) is 0. The van der Waals surface area contributed by atoms with Crippen molar-refractivity contribution < 1.29 is 40.2 Å². The van der Waals surface area contributed by atoms with E-state index >= 15 is 0 Å². The van der Waals surface area contributed by atoms with Crippen LogP contribution in [0.5, 0.6) is 0 Å². The summed E-state index contributed by atoms with van der Waals surface area (Å²) in [7, 11) is 0. The molecule has 6 aliphatic rings. The number of carbonyl (C=O) groups is 1. The molecular formula is C35H56O8. The molecule has 43 heavy (non-hydrogen) atoms. The quantitative estimate of drug-likeness (QED) is 0.266. The third kappa shape index (κ3) is 4.05. The second kappa shape index (κ2) is 9.98. The highest BCUT2D eigenvalue weighted by Crippen LogP contribution is 2.76. The monoisotopic (exact) mass is 604 g/mol. The van der Waals surface area contributed by atoms with Gasteiger partial charge in [-0.05, 0) is 109 Å². The zero-order chi connectivity index (χ0) is 31.5. The third-order valence-corrected chi connectivity index (χ3v) is 15.3. The average molecular weight is 605 g/mol. The molecule has 8 nitrogen and oxygen atoms in total. The van der Waals surface area contributed by atoms with Crippen LogP contribution in [0, 0.1) is 56.2 Å². The van der Waals surface area contributed by atoms with Gasteiger partial charge < -0.3 is 35.4 Å². The lowest BCUT2D eigenvalue weighted by molar-refractivity contribution is -0.255. The van der Waals surface area contributed by atoms with E-state index in [9.17, 15) is 35.4 Å². The minimum atomic E-state index is -1.27. The van der Waals surface area contributed by atoms with Crippen molar-refractivity contribution in [2.75, 3.05) is 13.2 Å². The first kappa shape index (κ1) is 31.9. The van der Waals surface area contributed by atoms with Gasteiger partial charge in [0.05, 0.1) is 18.8 Å². The van der Waals surface area contributed by atoms with Crippen molar-refractivity contribution in [2.45, 2.75) is 130 Å². The van der Waals surface area contributed by atoms with Crippen LogP contribution in [0.2, 0.25) is 0 Å². The third-order valence-electron chi connectivity index (χ3n) is 15.3. The molecule has 1 aliphatic heterocycles. The predicted molar refractivity (Wildman–Crippen MR) is 161 cm³/mol. The van der Waals surface area contributed by atoms with Crippen LogP contribution in [0.1, 0.15) is 99.3 Å². The summed E-state index contributed by atoms with van der Waals surface area (Å²) >= 11 is 0. The first-order chi connectivity index (χ1) is 19.9. The standard InChI is InChI=1S/C35H56O8/c1-30(2)13-14-35(29(41)42)21(15-30)19-7-8-24-31(3)11-9-20(28-27(40)26(39)22(37)17-43-28)32(4,18-36)23(31)10-12-33(24,5)34(19,6)16-25(35)38/h7,20-28,36-40H,8-18H2,1-6H3,(H,41,42)/t20?,21-,22-,23+,24+,25?,26-,27+,28-,31-,32+,33+,34+,35+/m0/s1. The van der Waals surface area contributed by atoms with E-state index in [1.165, 1.54) is 5.57 Å². The molecule has 1 saturated heterocycles. The highest BCUT2D eigenvalue weighted by molar-refractivity contribution is 5.77. The number of hydrogen-bond donors (Lipinski definition) is 6. The van der Waals surface area contributed by atoms with E-state index in [0.717, 1.165) is 44.9 Å². The number of hydrogen-bond acceptors (Lipinski definition) is 7. The molecule has 0 aromatic rings. The lowest BCUT2D eigenvalue weighted by atomic mass is 9.32. The van der Waals surface area contributed by atoms with Gasteiger partial charge in [-0.3, -0.25) is 4.79 Å². The fraction of sp³-hybridized carbons (Fsp3) is 0.914. The van der Waals surface area contributed by atoms with Crippen molar-refractivity contribution in [2.24, 2.45) is 56.2 Å². The summed E-state index contributed by atoms with van der Waals surface area (Å²) in [4.78, 5) is 13.0. The first-order valence-electron chi connectivity index (χ1n) is 16.8. The van der Waals surface area contributed by atoms with E-state index in [2.05, 4.69) is 47.6 Å². The van der Waals surface area contributed by atoms with Gasteiger partial charge in [0.25, 0.3) is 0 Å². The minimum Gasteiger partial charge on any atom is -0.481 e.